The van der Waals surface area contributed by atoms with E-state index < -0.39 is 0 Å². The molecule has 0 saturated carbocycles. The maximum Gasteiger partial charge on any atom is 0.0468 e. The number of benzene rings is 11. The number of anilines is 3. The summed E-state index contributed by atoms with van der Waals surface area (Å²) in [7, 11) is 0. The highest BCUT2D eigenvalue weighted by atomic mass is 15.1. The smallest absolute Gasteiger partial charge is 0.0468 e. The Morgan fingerprint density at radius 3 is 1.75 bits per heavy atom. The zero-order valence-electron chi connectivity index (χ0n) is 34.9. The minimum atomic E-state index is 1.03. The summed E-state index contributed by atoms with van der Waals surface area (Å²) in [6.07, 6.45) is 9.20. The van der Waals surface area contributed by atoms with Gasteiger partial charge in [-0.3, -0.25) is 0 Å². The van der Waals surface area contributed by atoms with Gasteiger partial charge in [-0.2, -0.15) is 0 Å². The summed E-state index contributed by atoms with van der Waals surface area (Å²) >= 11 is 0. The Hall–Kier alpha value is -8.00. The third-order valence-electron chi connectivity index (χ3n) is 13.0. The molecule has 0 heterocycles. The van der Waals surface area contributed by atoms with Gasteiger partial charge in [0.2, 0.25) is 0 Å². The third kappa shape index (κ3) is 6.40. The van der Waals surface area contributed by atoms with Crippen LogP contribution in [0.2, 0.25) is 0 Å². The minimum absolute atomic E-state index is 1.03. The summed E-state index contributed by atoms with van der Waals surface area (Å²) in [6.45, 7) is 0. The predicted molar refractivity (Wildman–Crippen MR) is 271 cm³/mol. The monoisotopic (exact) mass is 801 g/mol. The van der Waals surface area contributed by atoms with Gasteiger partial charge in [-0.25, -0.2) is 0 Å². The van der Waals surface area contributed by atoms with Crippen molar-refractivity contribution in [1.29, 1.82) is 0 Å². The summed E-state index contributed by atoms with van der Waals surface area (Å²) in [6, 6.07) is 80.6. The Morgan fingerprint density at radius 2 is 0.937 bits per heavy atom. The number of fused-ring (bicyclic) bond motifs is 8. The first-order valence-electron chi connectivity index (χ1n) is 22.1. The second-order valence-corrected chi connectivity index (χ2v) is 16.7. The van der Waals surface area contributed by atoms with Crippen LogP contribution in [0.1, 0.15) is 18.4 Å². The van der Waals surface area contributed by atoms with Crippen molar-refractivity contribution in [3.05, 3.63) is 242 Å². The Balaban J connectivity index is 1.17. The lowest BCUT2D eigenvalue weighted by atomic mass is 9.80. The predicted octanol–water partition coefficient (Wildman–Crippen LogP) is 17.7. The van der Waals surface area contributed by atoms with Crippen molar-refractivity contribution in [3.8, 4) is 33.4 Å². The molecule has 1 nitrogen and oxygen atoms in total. The zero-order valence-corrected chi connectivity index (χ0v) is 34.9. The van der Waals surface area contributed by atoms with Gasteiger partial charge in [-0.1, -0.05) is 194 Å². The van der Waals surface area contributed by atoms with E-state index in [0.29, 0.717) is 0 Å². The molecule has 0 fully saturated rings. The topological polar surface area (TPSA) is 3.24 Å². The van der Waals surface area contributed by atoms with Gasteiger partial charge in [0, 0.05) is 17.1 Å². The van der Waals surface area contributed by atoms with E-state index in [1.807, 2.05) is 0 Å². The van der Waals surface area contributed by atoms with Crippen LogP contribution in [-0.2, 0) is 0 Å². The van der Waals surface area contributed by atoms with E-state index in [9.17, 15) is 0 Å². The first kappa shape index (κ1) is 36.8. The molecule has 63 heavy (non-hydrogen) atoms. The molecule has 1 aliphatic rings. The van der Waals surface area contributed by atoms with Crippen LogP contribution in [0.25, 0.3) is 92.8 Å². The molecule has 11 aromatic carbocycles. The number of allylic oxidation sites excluding steroid dienone is 4. The van der Waals surface area contributed by atoms with Crippen molar-refractivity contribution in [2.45, 2.75) is 12.8 Å². The molecule has 296 valence electrons. The van der Waals surface area contributed by atoms with Gasteiger partial charge in [-0.15, -0.1) is 0 Å². The van der Waals surface area contributed by atoms with Crippen LogP contribution in [0.3, 0.4) is 0 Å². The van der Waals surface area contributed by atoms with Crippen molar-refractivity contribution in [2.24, 2.45) is 0 Å². The molecule has 0 amide bonds. The summed E-state index contributed by atoms with van der Waals surface area (Å²) in [5.41, 5.74) is 13.3. The van der Waals surface area contributed by atoms with E-state index in [-0.39, 0.29) is 0 Å². The van der Waals surface area contributed by atoms with Crippen LogP contribution in [0, 0.1) is 0 Å². The summed E-state index contributed by atoms with van der Waals surface area (Å²) < 4.78 is 0. The standard InChI is InChI=1S/C62H43N/c1-4-19-44(20-5-1)57-41-58(45-21-6-2-7-22-45)61-55-32-15-14-31-54(55)59-40-51(36-37-56(59)62(61)60(57)46-24-8-3-9-25-46)63(50-35-34-42-18-10-11-26-47(42)38-50)49-29-16-28-48(39-49)53-33-17-27-43-23-12-13-30-52(43)53/h2-4,6-41H,1,5H2. The maximum absolute atomic E-state index is 2.47. The highest BCUT2D eigenvalue weighted by Gasteiger charge is 2.23. The van der Waals surface area contributed by atoms with Gasteiger partial charge < -0.3 is 4.90 Å². The highest BCUT2D eigenvalue weighted by molar-refractivity contribution is 6.33. The van der Waals surface area contributed by atoms with Gasteiger partial charge in [0.05, 0.1) is 0 Å². The molecule has 1 aliphatic carbocycles. The largest absolute Gasteiger partial charge is 0.310 e. The van der Waals surface area contributed by atoms with Crippen molar-refractivity contribution in [2.75, 3.05) is 4.90 Å². The summed E-state index contributed by atoms with van der Waals surface area (Å²) in [5, 5.41) is 12.5. The van der Waals surface area contributed by atoms with Crippen LogP contribution in [0.15, 0.2) is 237 Å². The summed E-state index contributed by atoms with van der Waals surface area (Å²) in [5.74, 6) is 0. The fraction of sp³-hybridized carbons (Fsp3) is 0.0323. The maximum atomic E-state index is 2.47. The second kappa shape index (κ2) is 15.5. The van der Waals surface area contributed by atoms with Crippen molar-refractivity contribution < 1.29 is 0 Å². The molecule has 0 spiro atoms. The molecule has 0 N–H and O–H groups in total. The first-order valence-corrected chi connectivity index (χ1v) is 22.1. The molecule has 0 radical (unpaired) electrons. The zero-order chi connectivity index (χ0) is 41.7. The number of hydrogen-bond acceptors (Lipinski definition) is 1. The fourth-order valence-corrected chi connectivity index (χ4v) is 10.1. The first-order chi connectivity index (χ1) is 31.3. The van der Waals surface area contributed by atoms with E-state index in [1.165, 1.54) is 98.4 Å². The second-order valence-electron chi connectivity index (χ2n) is 16.7. The number of rotatable bonds is 7. The van der Waals surface area contributed by atoms with Crippen LogP contribution in [0.4, 0.5) is 17.1 Å². The van der Waals surface area contributed by atoms with E-state index >= 15 is 0 Å². The van der Waals surface area contributed by atoms with Crippen LogP contribution in [-0.4, -0.2) is 0 Å². The third-order valence-corrected chi connectivity index (χ3v) is 13.0. The Morgan fingerprint density at radius 1 is 0.317 bits per heavy atom. The van der Waals surface area contributed by atoms with Gasteiger partial charge in [-0.05, 0) is 154 Å². The molecule has 0 saturated heterocycles. The average molecular weight is 802 g/mol. The van der Waals surface area contributed by atoms with E-state index in [2.05, 4.69) is 242 Å². The quantitative estimate of drug-likeness (QED) is 0.145. The Bertz CT molecular complexity index is 3610. The van der Waals surface area contributed by atoms with Crippen LogP contribution < -0.4 is 4.90 Å². The lowest BCUT2D eigenvalue weighted by molar-refractivity contribution is 1.04. The lowest BCUT2D eigenvalue weighted by Gasteiger charge is -2.28. The molecule has 1 heteroatoms. The Labute approximate surface area is 368 Å². The van der Waals surface area contributed by atoms with Crippen molar-refractivity contribution in [1.82, 2.24) is 0 Å². The molecule has 12 rings (SSSR count). The van der Waals surface area contributed by atoms with Gasteiger partial charge in [0.1, 0.15) is 0 Å². The molecule has 0 atom stereocenters. The van der Waals surface area contributed by atoms with E-state index in [1.54, 1.807) is 0 Å². The molecular weight excluding hydrogens is 759 g/mol. The van der Waals surface area contributed by atoms with E-state index in [0.717, 1.165) is 29.9 Å². The normalized spacial score (nSPS) is 12.7. The van der Waals surface area contributed by atoms with Crippen molar-refractivity contribution >= 4 is 76.5 Å². The van der Waals surface area contributed by atoms with Gasteiger partial charge >= 0.3 is 0 Å². The van der Waals surface area contributed by atoms with E-state index in [4.69, 9.17) is 0 Å². The number of nitrogens with zero attached hydrogens (tertiary/aromatic N) is 1. The average Bonchev–Trinajstić information content (AvgIpc) is 3.36. The molecule has 11 aromatic rings. The number of hydrogen-bond donors (Lipinski definition) is 0. The van der Waals surface area contributed by atoms with Crippen molar-refractivity contribution in [3.63, 3.8) is 0 Å². The van der Waals surface area contributed by atoms with Crippen LogP contribution in [0.5, 0.6) is 0 Å². The minimum Gasteiger partial charge on any atom is -0.310 e. The molecule has 0 bridgehead atoms. The molecule has 0 unspecified atom stereocenters. The summed E-state index contributed by atoms with van der Waals surface area (Å²) in [4.78, 5) is 2.45. The molecule has 0 aromatic heterocycles. The van der Waals surface area contributed by atoms with Gasteiger partial charge in [0.15, 0.2) is 0 Å². The Kier molecular flexibility index (Phi) is 9.04. The SMILES string of the molecule is C1=CC(c2cc(-c3ccccc3)c3c4ccccc4c4cc(N(c5cccc(-c6cccc7ccccc67)c5)c5ccc6ccccc6c5)ccc4c3c2-c2ccccc2)=CCC1. The lowest BCUT2D eigenvalue weighted by Crippen LogP contribution is -2.10. The van der Waals surface area contributed by atoms with Crippen LogP contribution >= 0.6 is 0 Å². The molecule has 0 aliphatic heterocycles. The highest BCUT2D eigenvalue weighted by Crippen LogP contribution is 2.50. The van der Waals surface area contributed by atoms with Gasteiger partial charge in [0.25, 0.3) is 0 Å². The molecular formula is C62H43N. The fourth-order valence-electron chi connectivity index (χ4n) is 10.1.